The van der Waals surface area contributed by atoms with E-state index in [1.165, 1.54) is 0 Å². The summed E-state index contributed by atoms with van der Waals surface area (Å²) in [6, 6.07) is -0.00806. The first kappa shape index (κ1) is 11.4. The molecule has 0 spiro atoms. The molecule has 5 nitrogen and oxygen atoms in total. The Balaban J connectivity index is 2.20. The zero-order chi connectivity index (χ0) is 10.4. The number of ether oxygens (including phenoxy) is 1. The normalized spacial score (nSPS) is 19.6. The lowest BCUT2D eigenvalue weighted by Crippen LogP contribution is -2.43. The Morgan fingerprint density at radius 3 is 2.71 bits per heavy atom. The van der Waals surface area contributed by atoms with Gasteiger partial charge in [-0.3, -0.25) is 10.0 Å². The number of hydrogen-bond acceptors (Lipinski definition) is 4. The second kappa shape index (κ2) is 5.95. The largest absolute Gasteiger partial charge is 0.383 e. The zero-order valence-corrected chi connectivity index (χ0v) is 8.56. The highest BCUT2D eigenvalue weighted by Crippen LogP contribution is 2.13. The predicted octanol–water partition coefficient (Wildman–Crippen LogP) is -0.0552. The van der Waals surface area contributed by atoms with Gasteiger partial charge in [-0.25, -0.2) is 5.06 Å². The summed E-state index contributed by atoms with van der Waals surface area (Å²) in [5, 5.41) is 9.95. The zero-order valence-electron chi connectivity index (χ0n) is 8.56. The highest BCUT2D eigenvalue weighted by atomic mass is 16.5. The molecule has 1 heterocycles. The lowest BCUT2D eigenvalue weighted by molar-refractivity contribution is -0.164. The fourth-order valence-electron chi connectivity index (χ4n) is 1.71. The van der Waals surface area contributed by atoms with Crippen LogP contribution in [-0.2, 0) is 9.53 Å². The third-order valence-corrected chi connectivity index (χ3v) is 2.65. The van der Waals surface area contributed by atoms with Crippen molar-refractivity contribution in [1.29, 1.82) is 0 Å². The van der Waals surface area contributed by atoms with Crippen molar-refractivity contribution in [3.63, 3.8) is 0 Å². The van der Waals surface area contributed by atoms with Gasteiger partial charge in [0.25, 0.3) is 0 Å². The van der Waals surface area contributed by atoms with Crippen LogP contribution in [0.5, 0.6) is 0 Å². The Hall–Kier alpha value is -0.650. The number of piperidine rings is 1. The topological polar surface area (TPSA) is 53.0 Å². The van der Waals surface area contributed by atoms with Crippen LogP contribution in [0, 0.1) is 0 Å². The number of methoxy groups -OCH3 is 1. The molecule has 1 aliphatic rings. The summed E-state index contributed by atoms with van der Waals surface area (Å²) >= 11 is 0. The molecule has 0 aromatic carbocycles. The summed E-state index contributed by atoms with van der Waals surface area (Å²) in [5.41, 5.74) is 0. The smallest absolute Gasteiger partial charge is 0.233 e. The van der Waals surface area contributed by atoms with Gasteiger partial charge in [0.15, 0.2) is 0 Å². The van der Waals surface area contributed by atoms with Gasteiger partial charge in [0.05, 0.1) is 12.6 Å². The summed E-state index contributed by atoms with van der Waals surface area (Å²) in [6.45, 7) is 3.49. The van der Waals surface area contributed by atoms with E-state index in [-0.39, 0.29) is 6.04 Å². The average Bonchev–Trinajstić information content (AvgIpc) is 2.26. The molecule has 0 unspecified atom stereocenters. The average molecular weight is 202 g/mol. The van der Waals surface area contributed by atoms with E-state index in [0.29, 0.717) is 6.41 Å². The fraction of sp³-hybridized carbons (Fsp3) is 0.889. The maximum absolute atomic E-state index is 10.3. The van der Waals surface area contributed by atoms with Crippen LogP contribution in [-0.4, -0.2) is 61.0 Å². The van der Waals surface area contributed by atoms with Crippen molar-refractivity contribution < 1.29 is 14.7 Å². The molecule has 5 heteroatoms. The molecule has 0 aliphatic carbocycles. The minimum Gasteiger partial charge on any atom is -0.383 e. The molecule has 0 saturated carbocycles. The number of hydroxylamine groups is 2. The van der Waals surface area contributed by atoms with Crippen LogP contribution in [0.15, 0.2) is 0 Å². The standard InChI is InChI=1S/C9H18N2O3/c1-14-7-6-10-4-2-9(3-5-10)11(13)8-12/h8-9,13H,2-7H2,1H3. The first-order chi connectivity index (χ1) is 6.77. The summed E-state index contributed by atoms with van der Waals surface area (Å²) in [6.07, 6.45) is 2.15. The molecule has 1 N–H and O–H groups in total. The van der Waals surface area contributed by atoms with E-state index in [1.54, 1.807) is 7.11 Å². The van der Waals surface area contributed by atoms with Gasteiger partial charge in [-0.15, -0.1) is 0 Å². The van der Waals surface area contributed by atoms with Crippen LogP contribution in [0.2, 0.25) is 0 Å². The van der Waals surface area contributed by atoms with Crippen molar-refractivity contribution in [3.8, 4) is 0 Å². The number of carbonyl (C=O) groups is 1. The first-order valence-corrected chi connectivity index (χ1v) is 4.91. The summed E-state index contributed by atoms with van der Waals surface area (Å²) < 4.78 is 4.98. The van der Waals surface area contributed by atoms with Crippen LogP contribution >= 0.6 is 0 Å². The van der Waals surface area contributed by atoms with Gasteiger partial charge in [-0.2, -0.15) is 0 Å². The van der Waals surface area contributed by atoms with E-state index >= 15 is 0 Å². The monoisotopic (exact) mass is 202 g/mol. The van der Waals surface area contributed by atoms with Crippen LogP contribution in [0.25, 0.3) is 0 Å². The van der Waals surface area contributed by atoms with Gasteiger partial charge in [0.1, 0.15) is 0 Å². The lowest BCUT2D eigenvalue weighted by Gasteiger charge is -2.33. The van der Waals surface area contributed by atoms with Gasteiger partial charge in [-0.05, 0) is 12.8 Å². The number of carbonyl (C=O) groups excluding carboxylic acids is 1. The Kier molecular flexibility index (Phi) is 4.86. The van der Waals surface area contributed by atoms with E-state index in [0.717, 1.165) is 44.1 Å². The van der Waals surface area contributed by atoms with Crippen molar-refractivity contribution >= 4 is 6.41 Å². The summed E-state index contributed by atoms with van der Waals surface area (Å²) in [5.74, 6) is 0. The van der Waals surface area contributed by atoms with Crippen molar-refractivity contribution in [2.45, 2.75) is 18.9 Å². The lowest BCUT2D eigenvalue weighted by atomic mass is 10.1. The predicted molar refractivity (Wildman–Crippen MR) is 51.0 cm³/mol. The molecule has 1 rings (SSSR count). The van der Waals surface area contributed by atoms with Crippen molar-refractivity contribution in [2.24, 2.45) is 0 Å². The Morgan fingerprint density at radius 1 is 1.57 bits per heavy atom. The van der Waals surface area contributed by atoms with E-state index in [4.69, 9.17) is 9.94 Å². The SMILES string of the molecule is COCCN1CCC(N(O)C=O)CC1. The summed E-state index contributed by atoms with van der Waals surface area (Å²) in [7, 11) is 1.69. The third kappa shape index (κ3) is 3.25. The van der Waals surface area contributed by atoms with Gasteiger partial charge in [0.2, 0.25) is 6.41 Å². The molecular weight excluding hydrogens is 184 g/mol. The molecule has 0 radical (unpaired) electrons. The van der Waals surface area contributed by atoms with E-state index < -0.39 is 0 Å². The molecule has 0 atom stereocenters. The Bertz CT molecular complexity index is 169. The van der Waals surface area contributed by atoms with E-state index in [1.807, 2.05) is 0 Å². The number of nitrogens with zero attached hydrogens (tertiary/aromatic N) is 2. The van der Waals surface area contributed by atoms with Crippen LogP contribution in [0.1, 0.15) is 12.8 Å². The first-order valence-electron chi connectivity index (χ1n) is 4.91. The van der Waals surface area contributed by atoms with Crippen LogP contribution in [0.3, 0.4) is 0 Å². The number of likely N-dealkylation sites (tertiary alicyclic amines) is 1. The molecule has 14 heavy (non-hydrogen) atoms. The highest BCUT2D eigenvalue weighted by Gasteiger charge is 2.22. The van der Waals surface area contributed by atoms with Crippen LogP contribution < -0.4 is 0 Å². The molecule has 0 aromatic rings. The Morgan fingerprint density at radius 2 is 2.21 bits per heavy atom. The Labute approximate surface area is 84.2 Å². The molecule has 1 fully saturated rings. The third-order valence-electron chi connectivity index (χ3n) is 2.65. The van der Waals surface area contributed by atoms with Gasteiger partial charge in [0, 0.05) is 26.7 Å². The molecule has 1 saturated heterocycles. The van der Waals surface area contributed by atoms with Crippen molar-refractivity contribution in [2.75, 3.05) is 33.4 Å². The molecule has 1 amide bonds. The summed E-state index contributed by atoms with van der Waals surface area (Å²) in [4.78, 5) is 12.6. The van der Waals surface area contributed by atoms with E-state index in [9.17, 15) is 4.79 Å². The minimum absolute atomic E-state index is 0.00806. The second-order valence-electron chi connectivity index (χ2n) is 3.55. The maximum Gasteiger partial charge on any atom is 0.233 e. The van der Waals surface area contributed by atoms with Crippen molar-refractivity contribution in [3.05, 3.63) is 0 Å². The second-order valence-corrected chi connectivity index (χ2v) is 3.55. The molecule has 1 aliphatic heterocycles. The van der Waals surface area contributed by atoms with Gasteiger partial charge in [-0.1, -0.05) is 0 Å². The van der Waals surface area contributed by atoms with Gasteiger partial charge < -0.3 is 9.64 Å². The molecule has 82 valence electrons. The highest BCUT2D eigenvalue weighted by molar-refractivity contribution is 5.45. The van der Waals surface area contributed by atoms with E-state index in [2.05, 4.69) is 4.90 Å². The fourth-order valence-corrected chi connectivity index (χ4v) is 1.71. The van der Waals surface area contributed by atoms with Crippen molar-refractivity contribution in [1.82, 2.24) is 9.96 Å². The maximum atomic E-state index is 10.3. The number of rotatable bonds is 5. The minimum atomic E-state index is -0.00806. The van der Waals surface area contributed by atoms with Crippen LogP contribution in [0.4, 0.5) is 0 Å². The number of hydrogen-bond donors (Lipinski definition) is 1. The quantitative estimate of drug-likeness (QED) is 0.385. The molecule has 0 bridgehead atoms. The molecular formula is C9H18N2O3. The molecule has 0 aromatic heterocycles. The van der Waals surface area contributed by atoms with Gasteiger partial charge >= 0.3 is 0 Å². The number of amides is 1.